The van der Waals surface area contributed by atoms with Crippen molar-refractivity contribution in [1.29, 1.82) is 0 Å². The summed E-state index contributed by atoms with van der Waals surface area (Å²) >= 11 is 1.65. The predicted octanol–water partition coefficient (Wildman–Crippen LogP) is 2.90. The van der Waals surface area contributed by atoms with Crippen molar-refractivity contribution in [3.63, 3.8) is 0 Å². The summed E-state index contributed by atoms with van der Waals surface area (Å²) in [6.45, 7) is 3.60. The summed E-state index contributed by atoms with van der Waals surface area (Å²) in [7, 11) is 3.09. The Morgan fingerprint density at radius 2 is 1.87 bits per heavy atom. The normalized spacial score (nSPS) is 17.0. The van der Waals surface area contributed by atoms with Gasteiger partial charge in [-0.15, -0.1) is 11.3 Å². The molecule has 0 saturated carbocycles. The lowest BCUT2D eigenvalue weighted by atomic mass is 10.0. The van der Waals surface area contributed by atoms with E-state index in [2.05, 4.69) is 16.3 Å². The third-order valence-electron chi connectivity index (χ3n) is 4.13. The van der Waals surface area contributed by atoms with Crippen molar-refractivity contribution < 1.29 is 13.9 Å². The summed E-state index contributed by atoms with van der Waals surface area (Å²) in [6.07, 6.45) is 0. The van der Waals surface area contributed by atoms with Crippen LogP contribution < -0.4 is 14.8 Å². The number of piperazine rings is 1. The second-order valence-electron chi connectivity index (χ2n) is 5.43. The van der Waals surface area contributed by atoms with Gasteiger partial charge in [0.05, 0.1) is 20.3 Å². The van der Waals surface area contributed by atoms with Gasteiger partial charge in [0.25, 0.3) is 0 Å². The lowest BCUT2D eigenvalue weighted by Gasteiger charge is -2.35. The molecule has 2 aromatic rings. The number of rotatable bonds is 5. The van der Waals surface area contributed by atoms with Crippen molar-refractivity contribution in [3.05, 3.63) is 45.9 Å². The van der Waals surface area contributed by atoms with Crippen molar-refractivity contribution in [2.75, 3.05) is 40.4 Å². The van der Waals surface area contributed by atoms with Crippen LogP contribution in [0.3, 0.4) is 0 Å². The van der Waals surface area contributed by atoms with Crippen molar-refractivity contribution in [2.45, 2.75) is 6.04 Å². The van der Waals surface area contributed by atoms with E-state index in [1.165, 1.54) is 13.2 Å². The lowest BCUT2D eigenvalue weighted by molar-refractivity contribution is 0.197. The van der Waals surface area contributed by atoms with Gasteiger partial charge in [0.2, 0.25) is 0 Å². The first kappa shape index (κ1) is 16.2. The Balaban J connectivity index is 2.05. The van der Waals surface area contributed by atoms with Gasteiger partial charge >= 0.3 is 0 Å². The molecular formula is C17H21FN2O2S. The maximum atomic E-state index is 14.8. The molecule has 0 amide bonds. The van der Waals surface area contributed by atoms with E-state index in [4.69, 9.17) is 9.47 Å². The van der Waals surface area contributed by atoms with E-state index in [0.29, 0.717) is 17.1 Å². The van der Waals surface area contributed by atoms with Crippen LogP contribution in [0.15, 0.2) is 29.6 Å². The van der Waals surface area contributed by atoms with E-state index in [1.807, 2.05) is 11.4 Å². The summed E-state index contributed by atoms with van der Waals surface area (Å²) < 4.78 is 25.3. The van der Waals surface area contributed by atoms with Gasteiger partial charge in [0.15, 0.2) is 11.5 Å². The molecule has 2 heterocycles. The highest BCUT2D eigenvalue weighted by Gasteiger charge is 2.28. The molecule has 1 aliphatic rings. The van der Waals surface area contributed by atoms with Crippen LogP contribution in [0.25, 0.3) is 0 Å². The number of nitrogens with zero attached hydrogens (tertiary/aromatic N) is 1. The number of thiophene rings is 1. The fourth-order valence-corrected chi connectivity index (χ4v) is 3.87. The average molecular weight is 336 g/mol. The number of ether oxygens (including phenoxy) is 2. The predicted molar refractivity (Wildman–Crippen MR) is 90.1 cm³/mol. The average Bonchev–Trinajstić information content (AvgIpc) is 3.11. The van der Waals surface area contributed by atoms with Crippen LogP contribution >= 0.6 is 11.3 Å². The first-order valence-electron chi connectivity index (χ1n) is 7.64. The molecule has 124 valence electrons. The van der Waals surface area contributed by atoms with Gasteiger partial charge in [0, 0.05) is 42.7 Å². The molecule has 1 aromatic heterocycles. The minimum atomic E-state index is -0.264. The Labute approximate surface area is 139 Å². The van der Waals surface area contributed by atoms with E-state index >= 15 is 0 Å². The molecule has 1 atom stereocenters. The smallest absolute Gasteiger partial charge is 0.163 e. The fourth-order valence-electron chi connectivity index (χ4n) is 3.00. The highest BCUT2D eigenvalue weighted by Crippen LogP contribution is 2.38. The minimum Gasteiger partial charge on any atom is -0.493 e. The molecule has 3 rings (SSSR count). The molecule has 1 fully saturated rings. The van der Waals surface area contributed by atoms with Crippen LogP contribution in [0.2, 0.25) is 0 Å². The molecule has 0 bridgehead atoms. The summed E-state index contributed by atoms with van der Waals surface area (Å²) in [4.78, 5) is 3.45. The molecule has 1 aromatic carbocycles. The summed E-state index contributed by atoms with van der Waals surface area (Å²) in [5, 5.41) is 5.38. The van der Waals surface area contributed by atoms with Crippen LogP contribution in [0.1, 0.15) is 16.5 Å². The maximum absolute atomic E-state index is 14.8. The first-order valence-corrected chi connectivity index (χ1v) is 8.52. The minimum absolute atomic E-state index is 0.100. The Bertz CT molecular complexity index is 642. The second kappa shape index (κ2) is 7.29. The summed E-state index contributed by atoms with van der Waals surface area (Å²) in [5.74, 6) is 0.708. The number of hydrogen-bond acceptors (Lipinski definition) is 5. The topological polar surface area (TPSA) is 33.7 Å². The zero-order valence-corrected chi connectivity index (χ0v) is 14.2. The number of nitrogens with one attached hydrogen (secondary N) is 1. The highest BCUT2D eigenvalue weighted by atomic mass is 32.1. The van der Waals surface area contributed by atoms with Gasteiger partial charge in [-0.05, 0) is 17.5 Å². The highest BCUT2D eigenvalue weighted by molar-refractivity contribution is 7.10. The molecule has 4 nitrogen and oxygen atoms in total. The lowest BCUT2D eigenvalue weighted by Crippen LogP contribution is -2.45. The Morgan fingerprint density at radius 1 is 1.17 bits per heavy atom. The third kappa shape index (κ3) is 3.34. The van der Waals surface area contributed by atoms with Crippen LogP contribution in [0, 0.1) is 5.82 Å². The molecule has 0 unspecified atom stereocenters. The zero-order valence-electron chi connectivity index (χ0n) is 13.3. The first-order chi connectivity index (χ1) is 11.2. The van der Waals surface area contributed by atoms with Gasteiger partial charge in [-0.2, -0.15) is 0 Å². The van der Waals surface area contributed by atoms with Gasteiger partial charge in [-0.1, -0.05) is 6.07 Å². The molecule has 6 heteroatoms. The van der Waals surface area contributed by atoms with Crippen LogP contribution in [-0.4, -0.2) is 45.3 Å². The quantitative estimate of drug-likeness (QED) is 0.910. The van der Waals surface area contributed by atoms with Crippen molar-refractivity contribution in [1.82, 2.24) is 10.2 Å². The van der Waals surface area contributed by atoms with Crippen LogP contribution in [-0.2, 0) is 0 Å². The van der Waals surface area contributed by atoms with Crippen LogP contribution in [0.4, 0.5) is 4.39 Å². The number of benzene rings is 1. The molecule has 1 N–H and O–H groups in total. The number of methoxy groups -OCH3 is 2. The molecule has 0 radical (unpaired) electrons. The van der Waals surface area contributed by atoms with Crippen molar-refractivity contribution >= 4 is 11.3 Å². The third-order valence-corrected chi connectivity index (χ3v) is 5.05. The molecule has 1 saturated heterocycles. The Hall–Kier alpha value is -1.63. The van der Waals surface area contributed by atoms with Crippen molar-refractivity contribution in [2.24, 2.45) is 0 Å². The number of hydrogen-bond donors (Lipinski definition) is 1. The summed E-state index contributed by atoms with van der Waals surface area (Å²) in [5.41, 5.74) is 0.631. The van der Waals surface area contributed by atoms with Crippen LogP contribution in [0.5, 0.6) is 11.5 Å². The van der Waals surface area contributed by atoms with Gasteiger partial charge in [-0.3, -0.25) is 4.90 Å². The molecule has 1 aliphatic heterocycles. The SMILES string of the molecule is COc1cc(F)c([C@@H](c2cccs2)N2CCNCC2)cc1OC. The van der Waals surface area contributed by atoms with Gasteiger partial charge in [-0.25, -0.2) is 4.39 Å². The molecular weight excluding hydrogens is 315 g/mol. The van der Waals surface area contributed by atoms with E-state index < -0.39 is 0 Å². The zero-order chi connectivity index (χ0) is 16.2. The van der Waals surface area contributed by atoms with Crippen molar-refractivity contribution in [3.8, 4) is 11.5 Å². The van der Waals surface area contributed by atoms with Gasteiger partial charge < -0.3 is 14.8 Å². The molecule has 23 heavy (non-hydrogen) atoms. The van der Waals surface area contributed by atoms with Gasteiger partial charge in [0.1, 0.15) is 5.82 Å². The Morgan fingerprint density at radius 3 is 2.48 bits per heavy atom. The standard InChI is InChI=1S/C17H21FN2O2S/c1-21-14-10-12(13(18)11-15(14)22-2)17(16-4-3-9-23-16)20-7-5-19-6-8-20/h3-4,9-11,17,19H,5-8H2,1-2H3/t17-/m0/s1. The molecule has 0 aliphatic carbocycles. The fraction of sp³-hybridized carbons (Fsp3) is 0.412. The largest absolute Gasteiger partial charge is 0.493 e. The maximum Gasteiger partial charge on any atom is 0.163 e. The summed E-state index contributed by atoms with van der Waals surface area (Å²) in [6, 6.07) is 7.15. The number of halogens is 1. The molecule has 0 spiro atoms. The van der Waals surface area contributed by atoms with E-state index in [0.717, 1.165) is 31.1 Å². The monoisotopic (exact) mass is 336 g/mol. The van der Waals surface area contributed by atoms with E-state index in [-0.39, 0.29) is 11.9 Å². The van der Waals surface area contributed by atoms with E-state index in [1.54, 1.807) is 24.5 Å². The van der Waals surface area contributed by atoms with E-state index in [9.17, 15) is 4.39 Å². The Kier molecular flexibility index (Phi) is 5.15. The second-order valence-corrected chi connectivity index (χ2v) is 6.41.